The lowest BCUT2D eigenvalue weighted by Gasteiger charge is -2.19. The highest BCUT2D eigenvalue weighted by atomic mass is 19.1. The molecule has 0 aromatic heterocycles. The highest BCUT2D eigenvalue weighted by Crippen LogP contribution is 2.54. The molecule has 0 heterocycles. The minimum Gasteiger partial charge on any atom is -0.316 e. The molecule has 0 aliphatic heterocycles. The molecule has 0 spiro atoms. The second-order valence-corrected chi connectivity index (χ2v) is 5.91. The van der Waals surface area contributed by atoms with Crippen molar-refractivity contribution in [3.8, 4) is 0 Å². The summed E-state index contributed by atoms with van der Waals surface area (Å²) in [7, 11) is 0. The zero-order valence-electron chi connectivity index (χ0n) is 11.3. The van der Waals surface area contributed by atoms with Gasteiger partial charge in [-0.1, -0.05) is 26.8 Å². The molecule has 0 radical (unpaired) electrons. The molecule has 100 valence electrons. The minimum atomic E-state index is -0.505. The molecule has 3 heteroatoms. The molecule has 0 bridgehead atoms. The molecule has 2 unspecified atom stereocenters. The number of halogens is 2. The Morgan fingerprint density at radius 3 is 2.56 bits per heavy atom. The summed E-state index contributed by atoms with van der Waals surface area (Å²) in [6.07, 6.45) is 0.973. The van der Waals surface area contributed by atoms with Crippen molar-refractivity contribution in [3.63, 3.8) is 0 Å². The smallest absolute Gasteiger partial charge is 0.129 e. The minimum absolute atomic E-state index is 0.132. The van der Waals surface area contributed by atoms with Crippen molar-refractivity contribution in [3.05, 3.63) is 35.4 Å². The molecule has 1 saturated carbocycles. The fourth-order valence-electron chi connectivity index (χ4n) is 2.68. The Balaban J connectivity index is 2.12. The molecule has 0 amide bonds. The molecule has 1 aromatic carbocycles. The van der Waals surface area contributed by atoms with Crippen LogP contribution in [0.1, 0.15) is 32.8 Å². The van der Waals surface area contributed by atoms with Gasteiger partial charge in [0.25, 0.3) is 0 Å². The van der Waals surface area contributed by atoms with Gasteiger partial charge in [-0.3, -0.25) is 0 Å². The fourth-order valence-corrected chi connectivity index (χ4v) is 2.68. The van der Waals surface area contributed by atoms with Gasteiger partial charge in [-0.25, -0.2) is 8.78 Å². The van der Waals surface area contributed by atoms with Gasteiger partial charge in [0.2, 0.25) is 0 Å². The van der Waals surface area contributed by atoms with Crippen LogP contribution in [0, 0.1) is 23.5 Å². The SMILES string of the molecule is CC(C)CNCC1(c2ccc(F)cc2F)CC1C. The average molecular weight is 253 g/mol. The van der Waals surface area contributed by atoms with E-state index in [0.29, 0.717) is 17.4 Å². The molecule has 0 saturated heterocycles. The van der Waals surface area contributed by atoms with Crippen molar-refractivity contribution >= 4 is 0 Å². The van der Waals surface area contributed by atoms with E-state index in [4.69, 9.17) is 0 Å². The maximum Gasteiger partial charge on any atom is 0.129 e. The molecule has 2 rings (SSSR count). The number of nitrogens with one attached hydrogen (secondary N) is 1. The van der Waals surface area contributed by atoms with E-state index in [-0.39, 0.29) is 5.41 Å². The first-order valence-corrected chi connectivity index (χ1v) is 6.62. The van der Waals surface area contributed by atoms with Crippen LogP contribution in [0.15, 0.2) is 18.2 Å². The highest BCUT2D eigenvalue weighted by Gasteiger charge is 2.53. The number of rotatable bonds is 5. The molecule has 1 aromatic rings. The van der Waals surface area contributed by atoms with Crippen molar-refractivity contribution in [2.24, 2.45) is 11.8 Å². The Bertz CT molecular complexity index is 431. The van der Waals surface area contributed by atoms with Crippen molar-refractivity contribution in [2.45, 2.75) is 32.6 Å². The second-order valence-electron chi connectivity index (χ2n) is 5.91. The van der Waals surface area contributed by atoms with Gasteiger partial charge >= 0.3 is 0 Å². The second kappa shape index (κ2) is 4.96. The zero-order chi connectivity index (χ0) is 13.3. The fraction of sp³-hybridized carbons (Fsp3) is 0.600. The first kappa shape index (κ1) is 13.5. The largest absolute Gasteiger partial charge is 0.316 e. The van der Waals surface area contributed by atoms with Crippen molar-refractivity contribution in [2.75, 3.05) is 13.1 Å². The summed E-state index contributed by atoms with van der Waals surface area (Å²) >= 11 is 0. The van der Waals surface area contributed by atoms with E-state index < -0.39 is 11.6 Å². The molecular weight excluding hydrogens is 232 g/mol. The van der Waals surface area contributed by atoms with Gasteiger partial charge in [-0.15, -0.1) is 0 Å². The van der Waals surface area contributed by atoms with Crippen molar-refractivity contribution in [1.82, 2.24) is 5.32 Å². The van der Waals surface area contributed by atoms with Crippen LogP contribution >= 0.6 is 0 Å². The van der Waals surface area contributed by atoms with Crippen molar-refractivity contribution in [1.29, 1.82) is 0 Å². The number of benzene rings is 1. The van der Waals surface area contributed by atoms with Gasteiger partial charge in [0.1, 0.15) is 11.6 Å². The molecule has 1 fully saturated rings. The summed E-state index contributed by atoms with van der Waals surface area (Å²) in [4.78, 5) is 0. The lowest BCUT2D eigenvalue weighted by atomic mass is 9.92. The predicted molar refractivity (Wildman–Crippen MR) is 69.5 cm³/mol. The lowest BCUT2D eigenvalue weighted by Crippen LogP contribution is -2.31. The Labute approximate surface area is 108 Å². The molecule has 1 aliphatic carbocycles. The summed E-state index contributed by atoms with van der Waals surface area (Å²) < 4.78 is 26.8. The van der Waals surface area contributed by atoms with E-state index >= 15 is 0 Å². The monoisotopic (exact) mass is 253 g/mol. The van der Waals surface area contributed by atoms with E-state index in [2.05, 4.69) is 26.1 Å². The molecule has 2 atom stereocenters. The topological polar surface area (TPSA) is 12.0 Å². The summed E-state index contributed by atoms with van der Waals surface area (Å²) in [5, 5.41) is 3.40. The molecule has 18 heavy (non-hydrogen) atoms. The number of hydrogen-bond donors (Lipinski definition) is 1. The summed E-state index contributed by atoms with van der Waals surface area (Å²) in [5.41, 5.74) is 0.528. The molecular formula is C15H21F2N. The summed E-state index contributed by atoms with van der Waals surface area (Å²) in [6, 6.07) is 3.95. The van der Waals surface area contributed by atoms with E-state index in [1.165, 1.54) is 6.07 Å². The van der Waals surface area contributed by atoms with Gasteiger partial charge in [0.05, 0.1) is 0 Å². The Hall–Kier alpha value is -0.960. The summed E-state index contributed by atoms with van der Waals surface area (Å²) in [5.74, 6) is 0.117. The van der Waals surface area contributed by atoms with Crippen LogP contribution in [0.25, 0.3) is 0 Å². The lowest BCUT2D eigenvalue weighted by molar-refractivity contribution is 0.473. The standard InChI is InChI=1S/C15H21F2N/c1-10(2)8-18-9-15(7-11(15)3)13-5-4-12(16)6-14(13)17/h4-6,10-11,18H,7-9H2,1-3H3. The van der Waals surface area contributed by atoms with E-state index in [0.717, 1.165) is 25.6 Å². The van der Waals surface area contributed by atoms with Crippen LogP contribution in [0.4, 0.5) is 8.78 Å². The van der Waals surface area contributed by atoms with E-state index in [9.17, 15) is 8.78 Å². The van der Waals surface area contributed by atoms with Gasteiger partial charge in [0.15, 0.2) is 0 Å². The van der Waals surface area contributed by atoms with Crippen molar-refractivity contribution < 1.29 is 8.78 Å². The first-order chi connectivity index (χ1) is 8.45. The molecule has 1 N–H and O–H groups in total. The zero-order valence-corrected chi connectivity index (χ0v) is 11.3. The van der Waals surface area contributed by atoms with Gasteiger partial charge < -0.3 is 5.32 Å². The molecule has 1 aliphatic rings. The first-order valence-electron chi connectivity index (χ1n) is 6.62. The van der Waals surface area contributed by atoms with Crippen LogP contribution in [-0.2, 0) is 5.41 Å². The Morgan fingerprint density at radius 1 is 1.39 bits per heavy atom. The van der Waals surface area contributed by atoms with Crippen LogP contribution in [0.2, 0.25) is 0 Å². The van der Waals surface area contributed by atoms with Crippen LogP contribution < -0.4 is 5.32 Å². The Kier molecular flexibility index (Phi) is 3.71. The van der Waals surface area contributed by atoms with Crippen LogP contribution in [0.5, 0.6) is 0 Å². The van der Waals surface area contributed by atoms with Crippen LogP contribution in [0.3, 0.4) is 0 Å². The predicted octanol–water partition coefficient (Wildman–Crippen LogP) is 3.49. The third-order valence-corrected chi connectivity index (χ3v) is 3.91. The Morgan fingerprint density at radius 2 is 2.06 bits per heavy atom. The summed E-state index contributed by atoms with van der Waals surface area (Å²) in [6.45, 7) is 8.12. The van der Waals surface area contributed by atoms with Gasteiger partial charge in [-0.2, -0.15) is 0 Å². The molecule has 1 nitrogen and oxygen atoms in total. The van der Waals surface area contributed by atoms with Crippen LogP contribution in [-0.4, -0.2) is 13.1 Å². The number of hydrogen-bond acceptors (Lipinski definition) is 1. The normalized spacial score (nSPS) is 26.7. The van der Waals surface area contributed by atoms with Gasteiger partial charge in [0, 0.05) is 18.0 Å². The quantitative estimate of drug-likeness (QED) is 0.847. The van der Waals surface area contributed by atoms with E-state index in [1.807, 2.05) is 0 Å². The third kappa shape index (κ3) is 2.56. The maximum absolute atomic E-state index is 13.9. The highest BCUT2D eigenvalue weighted by molar-refractivity contribution is 5.35. The van der Waals surface area contributed by atoms with Gasteiger partial charge in [-0.05, 0) is 36.4 Å². The third-order valence-electron chi connectivity index (χ3n) is 3.91. The maximum atomic E-state index is 13.9. The average Bonchev–Trinajstić information content (AvgIpc) is 2.89. The van der Waals surface area contributed by atoms with E-state index in [1.54, 1.807) is 6.07 Å².